The van der Waals surface area contributed by atoms with Gasteiger partial charge in [0.05, 0.1) is 19.3 Å². The van der Waals surface area contributed by atoms with Gasteiger partial charge in [0.15, 0.2) is 0 Å². The third-order valence-corrected chi connectivity index (χ3v) is 4.05. The van der Waals surface area contributed by atoms with E-state index >= 15 is 0 Å². The van der Waals surface area contributed by atoms with Gasteiger partial charge in [-0.1, -0.05) is 39.5 Å². The Morgan fingerprint density at radius 3 is 2.43 bits per heavy atom. The summed E-state index contributed by atoms with van der Waals surface area (Å²) >= 11 is 0. The maximum atomic E-state index is 12.4. The molecule has 0 aromatic rings. The first kappa shape index (κ1) is 18.0. The molecule has 21 heavy (non-hydrogen) atoms. The molecular weight excluding hydrogens is 270 g/mol. The van der Waals surface area contributed by atoms with Crippen molar-refractivity contribution in [2.45, 2.75) is 64.8 Å². The van der Waals surface area contributed by atoms with Crippen LogP contribution in [-0.2, 0) is 14.3 Å². The smallest absolute Gasteiger partial charge is 0.311 e. The zero-order valence-electron chi connectivity index (χ0n) is 13.3. The Labute approximate surface area is 127 Å². The summed E-state index contributed by atoms with van der Waals surface area (Å²) in [5.41, 5.74) is 0. The van der Waals surface area contributed by atoms with Crippen LogP contribution in [0.5, 0.6) is 0 Å². The molecule has 2 atom stereocenters. The fourth-order valence-electron chi connectivity index (χ4n) is 2.83. The van der Waals surface area contributed by atoms with Gasteiger partial charge in [-0.3, -0.25) is 9.59 Å². The predicted molar refractivity (Wildman–Crippen MR) is 81.1 cm³/mol. The van der Waals surface area contributed by atoms with Crippen LogP contribution in [0, 0.1) is 5.92 Å². The lowest BCUT2D eigenvalue weighted by molar-refractivity contribution is -0.145. The number of ether oxygens (including phenoxy) is 1. The molecule has 0 aromatic heterocycles. The lowest BCUT2D eigenvalue weighted by Crippen LogP contribution is -2.46. The number of hydrogen-bond acceptors (Lipinski definition) is 3. The number of carbonyl (C=O) groups excluding carboxylic acids is 1. The molecule has 1 N–H and O–H groups in total. The first-order valence-electron chi connectivity index (χ1n) is 8.21. The van der Waals surface area contributed by atoms with Crippen LogP contribution in [-0.4, -0.2) is 47.7 Å². The molecule has 1 amide bonds. The summed E-state index contributed by atoms with van der Waals surface area (Å²) < 4.78 is 5.29. The van der Waals surface area contributed by atoms with Gasteiger partial charge in [0.1, 0.15) is 5.92 Å². The standard InChI is InChI=1S/C16H29NO4/c1-3-5-6-7-8-9-15(18)17(10-4-2)14-12-21-11-13(14)16(19)20/h13-14H,3-12H2,1-2H3,(H,19,20). The highest BCUT2D eigenvalue weighted by molar-refractivity contribution is 5.78. The molecule has 0 saturated carbocycles. The first-order chi connectivity index (χ1) is 10.1. The van der Waals surface area contributed by atoms with E-state index in [9.17, 15) is 14.7 Å². The molecule has 1 saturated heterocycles. The molecule has 1 heterocycles. The van der Waals surface area contributed by atoms with E-state index in [4.69, 9.17) is 4.74 Å². The highest BCUT2D eigenvalue weighted by atomic mass is 16.5. The van der Waals surface area contributed by atoms with Crippen LogP contribution in [0.3, 0.4) is 0 Å². The molecule has 5 nitrogen and oxygen atoms in total. The van der Waals surface area contributed by atoms with E-state index in [-0.39, 0.29) is 18.6 Å². The number of unbranched alkanes of at least 4 members (excludes halogenated alkanes) is 4. The zero-order valence-corrected chi connectivity index (χ0v) is 13.3. The zero-order chi connectivity index (χ0) is 15.7. The maximum absolute atomic E-state index is 12.4. The average Bonchev–Trinajstić information content (AvgIpc) is 2.93. The van der Waals surface area contributed by atoms with E-state index in [1.165, 1.54) is 19.3 Å². The highest BCUT2D eigenvalue weighted by Crippen LogP contribution is 2.22. The van der Waals surface area contributed by atoms with Crippen molar-refractivity contribution >= 4 is 11.9 Å². The van der Waals surface area contributed by atoms with E-state index < -0.39 is 11.9 Å². The molecule has 1 fully saturated rings. The Bertz CT molecular complexity index is 332. The van der Waals surface area contributed by atoms with Gasteiger partial charge in [-0.2, -0.15) is 0 Å². The third-order valence-electron chi connectivity index (χ3n) is 4.05. The second-order valence-corrected chi connectivity index (χ2v) is 5.80. The van der Waals surface area contributed by atoms with Crippen LogP contribution in [0.15, 0.2) is 0 Å². The van der Waals surface area contributed by atoms with Crippen LogP contribution < -0.4 is 0 Å². The topological polar surface area (TPSA) is 66.8 Å². The van der Waals surface area contributed by atoms with Gasteiger partial charge in [0.2, 0.25) is 5.91 Å². The summed E-state index contributed by atoms with van der Waals surface area (Å²) in [6, 6.07) is -0.300. The molecule has 1 rings (SSSR count). The minimum absolute atomic E-state index is 0.0788. The number of amides is 1. The van der Waals surface area contributed by atoms with Gasteiger partial charge in [-0.05, 0) is 12.8 Å². The van der Waals surface area contributed by atoms with Gasteiger partial charge in [0.25, 0.3) is 0 Å². The lowest BCUT2D eigenvalue weighted by atomic mass is 10.0. The third kappa shape index (κ3) is 5.65. The molecule has 0 bridgehead atoms. The largest absolute Gasteiger partial charge is 0.481 e. The second-order valence-electron chi connectivity index (χ2n) is 5.80. The minimum atomic E-state index is -0.866. The van der Waals surface area contributed by atoms with Crippen molar-refractivity contribution in [2.75, 3.05) is 19.8 Å². The molecular formula is C16H29NO4. The van der Waals surface area contributed by atoms with E-state index in [0.29, 0.717) is 19.6 Å². The number of nitrogens with zero attached hydrogens (tertiary/aromatic N) is 1. The van der Waals surface area contributed by atoms with Crippen LogP contribution in [0.4, 0.5) is 0 Å². The second kappa shape index (κ2) is 9.77. The molecule has 1 aliphatic heterocycles. The van der Waals surface area contributed by atoms with Crippen LogP contribution in [0.1, 0.15) is 58.8 Å². The van der Waals surface area contributed by atoms with Crippen molar-refractivity contribution in [3.63, 3.8) is 0 Å². The maximum Gasteiger partial charge on any atom is 0.311 e. The number of carbonyl (C=O) groups is 2. The van der Waals surface area contributed by atoms with Gasteiger partial charge >= 0.3 is 5.97 Å². The Balaban J connectivity index is 2.51. The van der Waals surface area contributed by atoms with E-state index in [2.05, 4.69) is 6.92 Å². The average molecular weight is 299 g/mol. The Hall–Kier alpha value is -1.10. The molecule has 122 valence electrons. The summed E-state index contributed by atoms with van der Waals surface area (Å²) in [7, 11) is 0. The number of carboxylic acids is 1. The molecule has 1 aliphatic rings. The van der Waals surface area contributed by atoms with Crippen LogP contribution >= 0.6 is 0 Å². The molecule has 0 aliphatic carbocycles. The minimum Gasteiger partial charge on any atom is -0.481 e. The van der Waals surface area contributed by atoms with Crippen LogP contribution in [0.2, 0.25) is 0 Å². The first-order valence-corrected chi connectivity index (χ1v) is 8.21. The van der Waals surface area contributed by atoms with E-state index in [1.807, 2.05) is 6.92 Å². The van der Waals surface area contributed by atoms with Gasteiger partial charge in [0, 0.05) is 13.0 Å². The summed E-state index contributed by atoms with van der Waals surface area (Å²) in [6.07, 6.45) is 6.90. The van der Waals surface area contributed by atoms with Crippen molar-refractivity contribution in [3.8, 4) is 0 Å². The SMILES string of the molecule is CCCCCCCC(=O)N(CCC)C1COCC1C(=O)O. The van der Waals surface area contributed by atoms with Crippen molar-refractivity contribution < 1.29 is 19.4 Å². The number of carboxylic acid groups (broad SMARTS) is 1. The summed E-state index contributed by atoms with van der Waals surface area (Å²) in [5, 5.41) is 9.24. The van der Waals surface area contributed by atoms with Gasteiger partial charge in [-0.15, -0.1) is 0 Å². The van der Waals surface area contributed by atoms with Crippen LogP contribution in [0.25, 0.3) is 0 Å². The normalized spacial score (nSPS) is 21.4. The van der Waals surface area contributed by atoms with Crippen molar-refractivity contribution in [3.05, 3.63) is 0 Å². The van der Waals surface area contributed by atoms with Crippen molar-refractivity contribution in [1.82, 2.24) is 4.90 Å². The highest BCUT2D eigenvalue weighted by Gasteiger charge is 2.39. The summed E-state index contributed by atoms with van der Waals surface area (Å²) in [6.45, 7) is 5.35. The fraction of sp³-hybridized carbons (Fsp3) is 0.875. The Kier molecular flexibility index (Phi) is 8.35. The molecule has 0 spiro atoms. The molecule has 5 heteroatoms. The summed E-state index contributed by atoms with van der Waals surface area (Å²) in [4.78, 5) is 25.4. The number of aliphatic carboxylic acids is 1. The van der Waals surface area contributed by atoms with Crippen molar-refractivity contribution in [2.24, 2.45) is 5.92 Å². The predicted octanol–water partition coefficient (Wildman–Crippen LogP) is 2.69. The number of rotatable bonds is 10. The fourth-order valence-corrected chi connectivity index (χ4v) is 2.83. The van der Waals surface area contributed by atoms with E-state index in [0.717, 1.165) is 19.3 Å². The van der Waals surface area contributed by atoms with Crippen molar-refractivity contribution in [1.29, 1.82) is 0 Å². The van der Waals surface area contributed by atoms with Gasteiger partial charge < -0.3 is 14.7 Å². The van der Waals surface area contributed by atoms with E-state index in [1.54, 1.807) is 4.90 Å². The summed E-state index contributed by atoms with van der Waals surface area (Å²) in [5.74, 6) is -1.37. The van der Waals surface area contributed by atoms with Gasteiger partial charge in [-0.25, -0.2) is 0 Å². The molecule has 2 unspecified atom stereocenters. The quantitative estimate of drug-likeness (QED) is 0.630. The number of hydrogen-bond donors (Lipinski definition) is 1. The Morgan fingerprint density at radius 2 is 1.81 bits per heavy atom. The monoisotopic (exact) mass is 299 g/mol. The Morgan fingerprint density at radius 1 is 1.10 bits per heavy atom. The molecule has 0 aromatic carbocycles. The molecule has 0 radical (unpaired) electrons. The lowest BCUT2D eigenvalue weighted by Gasteiger charge is -2.30.